The number of pyridine rings is 1. The topological polar surface area (TPSA) is 100 Å². The second-order valence-electron chi connectivity index (χ2n) is 7.00. The Hall–Kier alpha value is -2.85. The molecule has 3 aromatic rings. The fourth-order valence-corrected chi connectivity index (χ4v) is 4.45. The van der Waals surface area contributed by atoms with Crippen LogP contribution in [0.25, 0.3) is 0 Å². The normalized spacial score (nSPS) is 11.8. The molecular formula is C20H22F2N4O3S. The van der Waals surface area contributed by atoms with Gasteiger partial charge in [-0.1, -0.05) is 19.9 Å². The van der Waals surface area contributed by atoms with Crippen LogP contribution in [0, 0.1) is 11.6 Å². The summed E-state index contributed by atoms with van der Waals surface area (Å²) in [6, 6.07) is 5.77. The van der Waals surface area contributed by atoms with Gasteiger partial charge < -0.3 is 14.5 Å². The molecule has 0 bridgehead atoms. The highest BCUT2D eigenvalue weighted by Crippen LogP contribution is 2.29. The number of hydrogen-bond donors (Lipinski definition) is 1. The van der Waals surface area contributed by atoms with Crippen molar-refractivity contribution in [3.8, 4) is 5.75 Å². The van der Waals surface area contributed by atoms with Crippen LogP contribution < -0.4 is 9.92 Å². The third-order valence-corrected chi connectivity index (χ3v) is 5.60. The van der Waals surface area contributed by atoms with Crippen molar-refractivity contribution in [2.45, 2.75) is 37.8 Å². The molecule has 160 valence electrons. The minimum Gasteiger partial charge on any atom is -0.378 e. The van der Waals surface area contributed by atoms with Crippen molar-refractivity contribution in [3.63, 3.8) is 0 Å². The average molecular weight is 436 g/mol. The molecule has 0 fully saturated rings. The van der Waals surface area contributed by atoms with Gasteiger partial charge in [0.25, 0.3) is 0 Å². The van der Waals surface area contributed by atoms with E-state index in [1.807, 2.05) is 0 Å². The Kier molecular flexibility index (Phi) is 6.47. The Labute approximate surface area is 173 Å². The van der Waals surface area contributed by atoms with E-state index >= 15 is 0 Å². The number of nitrogens with zero attached hydrogens (tertiary/aromatic N) is 3. The molecule has 0 radical (unpaired) electrons. The van der Waals surface area contributed by atoms with Gasteiger partial charge in [0.2, 0.25) is 0 Å². The molecule has 10 heteroatoms. The van der Waals surface area contributed by atoms with E-state index in [4.69, 9.17) is 9.92 Å². The molecule has 0 aliphatic rings. The largest absolute Gasteiger partial charge is 0.378 e. The highest BCUT2D eigenvalue weighted by atomic mass is 32.2. The van der Waals surface area contributed by atoms with Crippen molar-refractivity contribution in [3.05, 3.63) is 71.4 Å². The lowest BCUT2D eigenvalue weighted by Crippen LogP contribution is -2.20. The van der Waals surface area contributed by atoms with E-state index in [9.17, 15) is 17.2 Å². The summed E-state index contributed by atoms with van der Waals surface area (Å²) in [4.78, 5) is 8.55. The predicted octanol–water partition coefficient (Wildman–Crippen LogP) is 3.00. The van der Waals surface area contributed by atoms with Gasteiger partial charge in [-0.15, -0.1) is 0 Å². The van der Waals surface area contributed by atoms with E-state index in [2.05, 4.69) is 9.97 Å². The molecule has 0 saturated heterocycles. The second-order valence-corrected chi connectivity index (χ2v) is 8.46. The summed E-state index contributed by atoms with van der Waals surface area (Å²) in [5.41, 5.74) is 6.73. The number of imidazole rings is 1. The highest BCUT2D eigenvalue weighted by Gasteiger charge is 2.31. The summed E-state index contributed by atoms with van der Waals surface area (Å²) in [6.45, 7) is 4.02. The summed E-state index contributed by atoms with van der Waals surface area (Å²) < 4.78 is 60.1. The molecule has 0 amide bonds. The van der Waals surface area contributed by atoms with Crippen molar-refractivity contribution in [2.75, 3.05) is 6.54 Å². The molecule has 7 nitrogen and oxygen atoms in total. The summed E-state index contributed by atoms with van der Waals surface area (Å²) in [6.07, 6.45) is 3.56. The molecule has 0 aliphatic heterocycles. The molecule has 2 heterocycles. The number of aromatic nitrogens is 3. The van der Waals surface area contributed by atoms with E-state index in [1.165, 1.54) is 4.57 Å². The summed E-state index contributed by atoms with van der Waals surface area (Å²) >= 11 is 0. The summed E-state index contributed by atoms with van der Waals surface area (Å²) in [5, 5.41) is -0.172. The maximum atomic E-state index is 13.5. The molecule has 0 spiro atoms. The SMILES string of the molecule is CC(C)c1nc(CCN)n(Cc2cccnc2)c1S(=O)(=O)Oc1cc(F)cc(F)c1. The fraction of sp³-hybridized carbons (Fsp3) is 0.300. The first kappa shape index (κ1) is 21.8. The smallest absolute Gasteiger partial charge is 0.357 e. The standard InChI is InChI=1S/C20H22F2N4O3S/c1-13(2)19-20(30(27,28)29-17-9-15(21)8-16(22)10-17)26(18(25-19)5-6-23)12-14-4-3-7-24-11-14/h3-4,7-11,13H,5-6,12,23H2,1-2H3. The van der Waals surface area contributed by atoms with Crippen molar-refractivity contribution in [1.29, 1.82) is 0 Å². The van der Waals surface area contributed by atoms with Gasteiger partial charge in [-0.05, 0) is 24.1 Å². The zero-order chi connectivity index (χ0) is 21.9. The first-order valence-corrected chi connectivity index (χ1v) is 10.7. The van der Waals surface area contributed by atoms with Crippen molar-refractivity contribution in [2.24, 2.45) is 5.73 Å². The first-order chi connectivity index (χ1) is 14.2. The Morgan fingerprint density at radius 1 is 1.20 bits per heavy atom. The van der Waals surface area contributed by atoms with Gasteiger partial charge >= 0.3 is 10.1 Å². The van der Waals surface area contributed by atoms with Gasteiger partial charge in [-0.2, -0.15) is 8.42 Å². The van der Waals surface area contributed by atoms with Crippen molar-refractivity contribution >= 4 is 10.1 Å². The first-order valence-electron chi connectivity index (χ1n) is 9.30. The molecule has 0 saturated carbocycles. The van der Waals surface area contributed by atoms with Gasteiger partial charge in [0.05, 0.1) is 12.2 Å². The number of nitrogens with two attached hydrogens (primary N) is 1. The molecule has 1 aromatic carbocycles. The van der Waals surface area contributed by atoms with Crippen LogP contribution >= 0.6 is 0 Å². The van der Waals surface area contributed by atoms with Gasteiger partial charge in [0.15, 0.2) is 5.03 Å². The fourth-order valence-electron chi connectivity index (χ4n) is 3.04. The number of rotatable bonds is 8. The van der Waals surface area contributed by atoms with E-state index in [-0.39, 0.29) is 24.0 Å². The summed E-state index contributed by atoms with van der Waals surface area (Å²) in [5.74, 6) is -2.14. The van der Waals surface area contributed by atoms with E-state index < -0.39 is 27.5 Å². The molecule has 2 N–H and O–H groups in total. The second kappa shape index (κ2) is 8.88. The van der Waals surface area contributed by atoms with Crippen LogP contribution in [0.15, 0.2) is 47.8 Å². The van der Waals surface area contributed by atoms with Crippen molar-refractivity contribution in [1.82, 2.24) is 14.5 Å². The lowest BCUT2D eigenvalue weighted by atomic mass is 10.1. The Morgan fingerprint density at radius 2 is 1.90 bits per heavy atom. The summed E-state index contributed by atoms with van der Waals surface area (Å²) in [7, 11) is -4.46. The van der Waals surface area contributed by atoms with Crippen molar-refractivity contribution < 1.29 is 21.4 Å². The van der Waals surface area contributed by atoms with E-state index in [1.54, 1.807) is 38.4 Å². The van der Waals surface area contributed by atoms with Crippen LogP contribution in [0.1, 0.15) is 36.8 Å². The van der Waals surface area contributed by atoms with Crippen LogP contribution in [0.3, 0.4) is 0 Å². The molecule has 0 unspecified atom stereocenters. The molecule has 3 rings (SSSR count). The third-order valence-electron chi connectivity index (χ3n) is 4.28. The lowest BCUT2D eigenvalue weighted by Gasteiger charge is -2.14. The maximum Gasteiger partial charge on any atom is 0.357 e. The third kappa shape index (κ3) is 4.82. The zero-order valence-corrected chi connectivity index (χ0v) is 17.4. The average Bonchev–Trinajstić information content (AvgIpc) is 3.01. The van der Waals surface area contributed by atoms with Crippen LogP contribution in [-0.4, -0.2) is 29.5 Å². The molecule has 2 aromatic heterocycles. The van der Waals surface area contributed by atoms with Gasteiger partial charge in [0, 0.05) is 37.0 Å². The number of halogens is 2. The highest BCUT2D eigenvalue weighted by molar-refractivity contribution is 7.87. The van der Waals surface area contributed by atoms with Crippen LogP contribution in [0.4, 0.5) is 8.78 Å². The van der Waals surface area contributed by atoms with E-state index in [0.29, 0.717) is 24.0 Å². The Morgan fingerprint density at radius 3 is 2.47 bits per heavy atom. The number of benzene rings is 1. The van der Waals surface area contributed by atoms with Gasteiger partial charge in [0.1, 0.15) is 23.2 Å². The minimum atomic E-state index is -4.46. The monoisotopic (exact) mass is 436 g/mol. The Balaban J connectivity index is 2.14. The molecule has 0 atom stereocenters. The zero-order valence-electron chi connectivity index (χ0n) is 16.5. The Bertz CT molecular complexity index is 1110. The van der Waals surface area contributed by atoms with E-state index in [0.717, 1.165) is 17.7 Å². The maximum absolute atomic E-state index is 13.5. The minimum absolute atomic E-state index is 0.165. The molecule has 30 heavy (non-hydrogen) atoms. The van der Waals surface area contributed by atoms with Crippen LogP contribution in [-0.2, 0) is 23.1 Å². The van der Waals surface area contributed by atoms with Crippen LogP contribution in [0.2, 0.25) is 0 Å². The quantitative estimate of drug-likeness (QED) is 0.545. The lowest BCUT2D eigenvalue weighted by molar-refractivity contribution is 0.465. The molecule has 0 aliphatic carbocycles. The predicted molar refractivity (Wildman–Crippen MR) is 107 cm³/mol. The molecular weight excluding hydrogens is 414 g/mol. The van der Waals surface area contributed by atoms with Gasteiger partial charge in [-0.3, -0.25) is 4.98 Å². The number of hydrogen-bond acceptors (Lipinski definition) is 6. The van der Waals surface area contributed by atoms with Gasteiger partial charge in [-0.25, -0.2) is 13.8 Å². The van der Waals surface area contributed by atoms with Crippen LogP contribution in [0.5, 0.6) is 5.75 Å².